The zero-order chi connectivity index (χ0) is 21.6. The molecule has 5 heteroatoms. The Bertz CT molecular complexity index is 1140. The van der Waals surface area contributed by atoms with Crippen LogP contribution in [0.15, 0.2) is 54.7 Å². The van der Waals surface area contributed by atoms with E-state index in [2.05, 4.69) is 29.0 Å². The number of anilines is 1. The monoisotopic (exact) mass is 415 g/mol. The Morgan fingerprint density at radius 3 is 2.74 bits per heavy atom. The summed E-state index contributed by atoms with van der Waals surface area (Å²) in [7, 11) is 0. The number of rotatable bonds is 4. The van der Waals surface area contributed by atoms with Crippen LogP contribution in [0.5, 0.6) is 0 Å². The van der Waals surface area contributed by atoms with Gasteiger partial charge in [0.1, 0.15) is 0 Å². The van der Waals surface area contributed by atoms with Gasteiger partial charge in [-0.2, -0.15) is 0 Å². The van der Waals surface area contributed by atoms with E-state index in [-0.39, 0.29) is 23.8 Å². The van der Waals surface area contributed by atoms with E-state index < -0.39 is 5.54 Å². The second kappa shape index (κ2) is 7.56. The molecule has 1 aliphatic carbocycles. The van der Waals surface area contributed by atoms with Crippen LogP contribution >= 0.6 is 0 Å². The molecule has 2 heterocycles. The van der Waals surface area contributed by atoms with Crippen molar-refractivity contribution in [2.75, 3.05) is 5.32 Å². The third kappa shape index (κ3) is 3.06. The Balaban J connectivity index is 1.60. The molecule has 31 heavy (non-hydrogen) atoms. The molecule has 2 unspecified atom stereocenters. The van der Waals surface area contributed by atoms with Crippen molar-refractivity contribution < 1.29 is 9.59 Å². The molecule has 1 saturated carbocycles. The summed E-state index contributed by atoms with van der Waals surface area (Å²) in [6.07, 6.45) is 6.59. The van der Waals surface area contributed by atoms with Crippen molar-refractivity contribution in [1.29, 1.82) is 0 Å². The lowest BCUT2D eigenvalue weighted by Gasteiger charge is -2.52. The SMILES string of the molecule is CCC(C)N1C(=O)c2ccccc2C(C(=O)Nc2ccc3cc[nH]c3c2)C12CCCC2. The van der Waals surface area contributed by atoms with Gasteiger partial charge in [0, 0.05) is 29.0 Å². The maximum Gasteiger partial charge on any atom is 0.254 e. The third-order valence-electron chi connectivity index (χ3n) is 7.32. The number of nitrogens with one attached hydrogen (secondary N) is 2. The molecule has 2 amide bonds. The number of H-pyrrole nitrogens is 1. The molecule has 2 aromatic carbocycles. The number of aromatic amines is 1. The number of fused-ring (bicyclic) bond motifs is 2. The average Bonchev–Trinajstić information content (AvgIpc) is 3.43. The van der Waals surface area contributed by atoms with Gasteiger partial charge >= 0.3 is 0 Å². The number of hydrogen-bond acceptors (Lipinski definition) is 2. The molecule has 0 radical (unpaired) electrons. The summed E-state index contributed by atoms with van der Waals surface area (Å²) in [5.74, 6) is -0.331. The van der Waals surface area contributed by atoms with E-state index in [0.29, 0.717) is 5.56 Å². The van der Waals surface area contributed by atoms with Gasteiger partial charge in [-0.25, -0.2) is 0 Å². The summed E-state index contributed by atoms with van der Waals surface area (Å²) in [6, 6.07) is 15.7. The molecule has 2 N–H and O–H groups in total. The number of hydrogen-bond donors (Lipinski definition) is 2. The number of benzene rings is 2. The molecule has 1 fully saturated rings. The molecule has 3 aromatic rings. The molecule has 0 saturated heterocycles. The van der Waals surface area contributed by atoms with Gasteiger partial charge in [-0.05, 0) is 61.4 Å². The molecule has 0 bridgehead atoms. The Labute approximate surface area is 182 Å². The summed E-state index contributed by atoms with van der Waals surface area (Å²) in [4.78, 5) is 32.7. The van der Waals surface area contributed by atoms with Crippen LogP contribution in [0.3, 0.4) is 0 Å². The third-order valence-corrected chi connectivity index (χ3v) is 7.32. The Hall–Kier alpha value is -3.08. The summed E-state index contributed by atoms with van der Waals surface area (Å²) < 4.78 is 0. The van der Waals surface area contributed by atoms with Gasteiger partial charge in [-0.15, -0.1) is 0 Å². The first-order valence-electron chi connectivity index (χ1n) is 11.4. The fraction of sp³-hybridized carbons (Fsp3) is 0.385. The lowest BCUT2D eigenvalue weighted by Crippen LogP contribution is -2.62. The number of carbonyl (C=O) groups is 2. The normalized spacial score (nSPS) is 20.8. The van der Waals surface area contributed by atoms with E-state index in [1.807, 2.05) is 54.7 Å². The van der Waals surface area contributed by atoms with E-state index in [1.165, 1.54) is 0 Å². The second-order valence-electron chi connectivity index (χ2n) is 9.03. The topological polar surface area (TPSA) is 65.2 Å². The van der Waals surface area contributed by atoms with Crippen LogP contribution in [-0.4, -0.2) is 33.3 Å². The van der Waals surface area contributed by atoms with Gasteiger partial charge < -0.3 is 15.2 Å². The molecule has 2 atom stereocenters. The van der Waals surface area contributed by atoms with Crippen LogP contribution in [0.1, 0.15) is 67.8 Å². The van der Waals surface area contributed by atoms with Crippen molar-refractivity contribution in [1.82, 2.24) is 9.88 Å². The van der Waals surface area contributed by atoms with Crippen molar-refractivity contribution >= 4 is 28.4 Å². The molecular formula is C26H29N3O2. The predicted octanol–water partition coefficient (Wildman–Crippen LogP) is 5.46. The number of carbonyl (C=O) groups excluding carboxylic acids is 2. The largest absolute Gasteiger partial charge is 0.361 e. The van der Waals surface area contributed by atoms with Crippen LogP contribution in [0.4, 0.5) is 5.69 Å². The van der Waals surface area contributed by atoms with Gasteiger partial charge in [-0.1, -0.05) is 44.0 Å². The van der Waals surface area contributed by atoms with Crippen LogP contribution in [0, 0.1) is 0 Å². The number of nitrogens with zero attached hydrogens (tertiary/aromatic N) is 1. The van der Waals surface area contributed by atoms with Gasteiger partial charge in [0.2, 0.25) is 5.91 Å². The van der Waals surface area contributed by atoms with Crippen molar-refractivity contribution in [3.8, 4) is 0 Å². The smallest absolute Gasteiger partial charge is 0.254 e. The molecule has 160 valence electrons. The standard InChI is InChI=1S/C26H29N3O2/c1-3-17(2)29-25(31)21-9-5-4-8-20(21)23(26(29)13-6-7-14-26)24(30)28-19-11-10-18-12-15-27-22(18)16-19/h4-5,8-12,15-17,23,27H,3,6-7,13-14H2,1-2H3,(H,28,30). The Morgan fingerprint density at radius 2 is 1.97 bits per heavy atom. The van der Waals surface area contributed by atoms with E-state index in [9.17, 15) is 9.59 Å². The molecule has 5 rings (SSSR count). The minimum absolute atomic E-state index is 0.0268. The predicted molar refractivity (Wildman–Crippen MR) is 123 cm³/mol. The highest BCUT2D eigenvalue weighted by Crippen LogP contribution is 2.51. The molecule has 1 aliphatic heterocycles. The van der Waals surface area contributed by atoms with Crippen molar-refractivity contribution in [2.24, 2.45) is 0 Å². The van der Waals surface area contributed by atoms with Gasteiger partial charge in [-0.3, -0.25) is 9.59 Å². The van der Waals surface area contributed by atoms with Crippen LogP contribution in [-0.2, 0) is 4.79 Å². The highest BCUT2D eigenvalue weighted by atomic mass is 16.2. The van der Waals surface area contributed by atoms with E-state index >= 15 is 0 Å². The van der Waals surface area contributed by atoms with E-state index in [0.717, 1.165) is 54.3 Å². The highest BCUT2D eigenvalue weighted by Gasteiger charge is 2.56. The zero-order valence-electron chi connectivity index (χ0n) is 18.2. The summed E-state index contributed by atoms with van der Waals surface area (Å²) >= 11 is 0. The van der Waals surface area contributed by atoms with Gasteiger partial charge in [0.05, 0.1) is 11.5 Å². The van der Waals surface area contributed by atoms with Crippen LogP contribution < -0.4 is 5.32 Å². The summed E-state index contributed by atoms with van der Waals surface area (Å²) in [5.41, 5.74) is 2.85. The second-order valence-corrected chi connectivity index (χ2v) is 9.03. The molecule has 2 aliphatic rings. The maximum absolute atomic E-state index is 13.9. The molecule has 1 aromatic heterocycles. The number of amides is 2. The maximum atomic E-state index is 13.9. The fourth-order valence-corrected chi connectivity index (χ4v) is 5.77. The van der Waals surface area contributed by atoms with Gasteiger partial charge in [0.15, 0.2) is 0 Å². The zero-order valence-corrected chi connectivity index (χ0v) is 18.2. The fourth-order valence-electron chi connectivity index (χ4n) is 5.77. The lowest BCUT2D eigenvalue weighted by atomic mass is 9.70. The van der Waals surface area contributed by atoms with Crippen molar-refractivity contribution in [2.45, 2.75) is 63.5 Å². The molecular weight excluding hydrogens is 386 g/mol. The van der Waals surface area contributed by atoms with E-state index in [4.69, 9.17) is 0 Å². The van der Waals surface area contributed by atoms with Gasteiger partial charge in [0.25, 0.3) is 5.91 Å². The summed E-state index contributed by atoms with van der Waals surface area (Å²) in [5, 5.41) is 4.29. The first-order chi connectivity index (χ1) is 15.0. The van der Waals surface area contributed by atoms with Crippen molar-refractivity contribution in [3.05, 3.63) is 65.9 Å². The van der Waals surface area contributed by atoms with Crippen LogP contribution in [0.25, 0.3) is 10.9 Å². The molecule has 5 nitrogen and oxygen atoms in total. The van der Waals surface area contributed by atoms with Crippen LogP contribution in [0.2, 0.25) is 0 Å². The Morgan fingerprint density at radius 1 is 1.19 bits per heavy atom. The first kappa shape index (κ1) is 19.9. The van der Waals surface area contributed by atoms with E-state index in [1.54, 1.807) is 0 Å². The van der Waals surface area contributed by atoms with Crippen molar-refractivity contribution in [3.63, 3.8) is 0 Å². The minimum Gasteiger partial charge on any atom is -0.361 e. The highest BCUT2D eigenvalue weighted by molar-refractivity contribution is 6.05. The average molecular weight is 416 g/mol. The Kier molecular flexibility index (Phi) is 4.84. The minimum atomic E-state index is -0.457. The molecule has 1 spiro atoms. The first-order valence-corrected chi connectivity index (χ1v) is 11.4. The quantitative estimate of drug-likeness (QED) is 0.594. The lowest BCUT2D eigenvalue weighted by molar-refractivity contribution is -0.121. The number of aromatic nitrogens is 1. The summed E-state index contributed by atoms with van der Waals surface area (Å²) in [6.45, 7) is 4.22.